The maximum absolute atomic E-state index is 12.1. The third-order valence-electron chi connectivity index (χ3n) is 4.06. The normalized spacial score (nSPS) is 17.7. The molecule has 0 bridgehead atoms. The first-order valence-corrected chi connectivity index (χ1v) is 7.99. The van der Waals surface area contributed by atoms with Crippen molar-refractivity contribution in [3.63, 3.8) is 0 Å². The van der Waals surface area contributed by atoms with Crippen LogP contribution in [-0.4, -0.2) is 40.8 Å². The van der Waals surface area contributed by atoms with E-state index < -0.39 is 23.1 Å². The van der Waals surface area contributed by atoms with Gasteiger partial charge >= 0.3 is 12.1 Å². The molecule has 5 nitrogen and oxygen atoms in total. The average molecular weight is 340 g/mol. The molecule has 1 aromatic carbocycles. The number of hydrogen-bond acceptors (Lipinski definition) is 3. The summed E-state index contributed by atoms with van der Waals surface area (Å²) in [5.41, 5.74) is -0.893. The van der Waals surface area contributed by atoms with Crippen LogP contribution >= 0.6 is 11.6 Å². The zero-order valence-corrected chi connectivity index (χ0v) is 14.4. The van der Waals surface area contributed by atoms with Crippen molar-refractivity contribution in [1.82, 2.24) is 4.90 Å². The predicted octanol–water partition coefficient (Wildman–Crippen LogP) is 3.69. The molecular formula is C17H22ClNO4. The summed E-state index contributed by atoms with van der Waals surface area (Å²) in [5.74, 6) is -0.886. The summed E-state index contributed by atoms with van der Waals surface area (Å²) in [6.07, 6.45) is 0.270. The molecule has 1 saturated heterocycles. The fourth-order valence-electron chi connectivity index (χ4n) is 2.81. The molecule has 1 aliphatic rings. The monoisotopic (exact) mass is 339 g/mol. The van der Waals surface area contributed by atoms with Crippen LogP contribution in [0.25, 0.3) is 0 Å². The minimum Gasteiger partial charge on any atom is -0.481 e. The smallest absolute Gasteiger partial charge is 0.410 e. The fraction of sp³-hybridized carbons (Fsp3) is 0.529. The second kappa shape index (κ2) is 6.40. The van der Waals surface area contributed by atoms with Gasteiger partial charge in [0.05, 0.1) is 5.41 Å². The van der Waals surface area contributed by atoms with Gasteiger partial charge in [0.1, 0.15) is 5.60 Å². The lowest BCUT2D eigenvalue weighted by molar-refractivity contribution is -0.146. The van der Waals surface area contributed by atoms with Crippen LogP contribution in [-0.2, 0) is 14.9 Å². The predicted molar refractivity (Wildman–Crippen MR) is 87.8 cm³/mol. The largest absolute Gasteiger partial charge is 0.481 e. The van der Waals surface area contributed by atoms with Crippen molar-refractivity contribution in [3.8, 4) is 0 Å². The highest BCUT2D eigenvalue weighted by molar-refractivity contribution is 6.30. The van der Waals surface area contributed by atoms with Crippen molar-refractivity contribution < 1.29 is 19.4 Å². The molecule has 23 heavy (non-hydrogen) atoms. The lowest BCUT2D eigenvalue weighted by Crippen LogP contribution is -2.50. The quantitative estimate of drug-likeness (QED) is 0.892. The third kappa shape index (κ3) is 3.96. The number of carbonyl (C=O) groups excluding carboxylic acids is 1. The Morgan fingerprint density at radius 3 is 2.35 bits per heavy atom. The molecule has 1 N–H and O–H groups in total. The molecule has 0 spiro atoms. The first-order chi connectivity index (χ1) is 10.6. The Balaban J connectivity index is 2.16. The molecule has 126 valence electrons. The standard InChI is InChI=1S/C17H22ClNO4/c1-16(2,3)23-15(22)19-9-7-17(8-10-19,14(20)21)12-5-4-6-13(18)11-12/h4-6,11H,7-10H2,1-3H3,(H,20,21). The summed E-state index contributed by atoms with van der Waals surface area (Å²) < 4.78 is 5.35. The Bertz CT molecular complexity index is 601. The van der Waals surface area contributed by atoms with E-state index in [1.165, 1.54) is 0 Å². The van der Waals surface area contributed by atoms with Crippen LogP contribution in [0.3, 0.4) is 0 Å². The number of carbonyl (C=O) groups is 2. The van der Waals surface area contributed by atoms with E-state index in [0.29, 0.717) is 36.5 Å². The summed E-state index contributed by atoms with van der Waals surface area (Å²) in [6.45, 7) is 6.11. The lowest BCUT2D eigenvalue weighted by Gasteiger charge is -2.39. The zero-order valence-electron chi connectivity index (χ0n) is 13.6. The van der Waals surface area contributed by atoms with Gasteiger partial charge in [0, 0.05) is 18.1 Å². The second-order valence-corrected chi connectivity index (χ2v) is 7.30. The number of rotatable bonds is 2. The molecule has 0 aliphatic carbocycles. The fourth-order valence-corrected chi connectivity index (χ4v) is 3.00. The van der Waals surface area contributed by atoms with E-state index in [4.69, 9.17) is 16.3 Å². The van der Waals surface area contributed by atoms with Crippen molar-refractivity contribution >= 4 is 23.7 Å². The molecule has 1 fully saturated rings. The van der Waals surface area contributed by atoms with Crippen LogP contribution in [0.15, 0.2) is 24.3 Å². The van der Waals surface area contributed by atoms with Crippen molar-refractivity contribution in [2.75, 3.05) is 13.1 Å². The molecule has 0 saturated carbocycles. The summed E-state index contributed by atoms with van der Waals surface area (Å²) >= 11 is 6.01. The Hall–Kier alpha value is -1.75. The van der Waals surface area contributed by atoms with E-state index in [1.54, 1.807) is 29.2 Å². The number of amides is 1. The minimum atomic E-state index is -1.01. The van der Waals surface area contributed by atoms with Crippen LogP contribution in [0, 0.1) is 0 Å². The van der Waals surface area contributed by atoms with E-state index in [1.807, 2.05) is 20.8 Å². The van der Waals surface area contributed by atoms with Crippen LogP contribution in [0.1, 0.15) is 39.2 Å². The number of piperidine rings is 1. The molecule has 0 radical (unpaired) electrons. The number of carboxylic acid groups (broad SMARTS) is 1. The van der Waals surface area contributed by atoms with E-state index in [9.17, 15) is 14.7 Å². The molecule has 1 amide bonds. The molecule has 1 aromatic rings. The van der Waals surface area contributed by atoms with E-state index >= 15 is 0 Å². The molecule has 0 atom stereocenters. The first-order valence-electron chi connectivity index (χ1n) is 7.61. The molecule has 1 heterocycles. The molecule has 6 heteroatoms. The van der Waals surface area contributed by atoms with Crippen molar-refractivity contribution in [2.45, 2.75) is 44.6 Å². The number of benzene rings is 1. The van der Waals surface area contributed by atoms with Gasteiger partial charge in [-0.2, -0.15) is 0 Å². The molecular weight excluding hydrogens is 318 g/mol. The topological polar surface area (TPSA) is 66.8 Å². The van der Waals surface area contributed by atoms with E-state index in [2.05, 4.69) is 0 Å². The summed E-state index contributed by atoms with van der Waals surface area (Å²) in [5, 5.41) is 10.3. The van der Waals surface area contributed by atoms with Crippen LogP contribution in [0.5, 0.6) is 0 Å². The van der Waals surface area contributed by atoms with Crippen LogP contribution in [0.2, 0.25) is 5.02 Å². The highest BCUT2D eigenvalue weighted by atomic mass is 35.5. The van der Waals surface area contributed by atoms with Gasteiger partial charge in [-0.15, -0.1) is 0 Å². The Morgan fingerprint density at radius 1 is 1.26 bits per heavy atom. The van der Waals surface area contributed by atoms with Crippen molar-refractivity contribution in [2.24, 2.45) is 0 Å². The number of nitrogens with zero attached hydrogens (tertiary/aromatic N) is 1. The summed E-state index contributed by atoms with van der Waals surface area (Å²) in [4.78, 5) is 25.6. The van der Waals surface area contributed by atoms with Gasteiger partial charge < -0.3 is 14.7 Å². The van der Waals surface area contributed by atoms with Gasteiger partial charge in [-0.1, -0.05) is 23.7 Å². The molecule has 0 unspecified atom stereocenters. The highest BCUT2D eigenvalue weighted by Crippen LogP contribution is 2.37. The molecule has 1 aliphatic heterocycles. The number of aliphatic carboxylic acids is 1. The van der Waals surface area contributed by atoms with Crippen LogP contribution < -0.4 is 0 Å². The average Bonchev–Trinajstić information content (AvgIpc) is 2.45. The van der Waals surface area contributed by atoms with Crippen LogP contribution in [0.4, 0.5) is 4.79 Å². The Kier molecular flexibility index (Phi) is 4.90. The Labute approximate surface area is 141 Å². The first kappa shape index (κ1) is 17.6. The SMILES string of the molecule is CC(C)(C)OC(=O)N1CCC(C(=O)O)(c2cccc(Cl)c2)CC1. The maximum Gasteiger partial charge on any atom is 0.410 e. The van der Waals surface area contributed by atoms with Gasteiger partial charge in [0.2, 0.25) is 0 Å². The van der Waals surface area contributed by atoms with E-state index in [-0.39, 0.29) is 0 Å². The van der Waals surface area contributed by atoms with E-state index in [0.717, 1.165) is 0 Å². The summed E-state index contributed by atoms with van der Waals surface area (Å²) in [7, 11) is 0. The van der Waals surface area contributed by atoms with Gasteiger partial charge in [-0.25, -0.2) is 4.79 Å². The highest BCUT2D eigenvalue weighted by Gasteiger charge is 2.44. The van der Waals surface area contributed by atoms with Gasteiger partial charge in [0.25, 0.3) is 0 Å². The maximum atomic E-state index is 12.1. The molecule has 2 rings (SSSR count). The number of halogens is 1. The number of likely N-dealkylation sites (tertiary alicyclic amines) is 1. The molecule has 0 aromatic heterocycles. The zero-order chi connectivity index (χ0) is 17.3. The number of ether oxygens (including phenoxy) is 1. The summed E-state index contributed by atoms with van der Waals surface area (Å²) in [6, 6.07) is 6.95. The van der Waals surface area contributed by atoms with Crippen molar-refractivity contribution in [3.05, 3.63) is 34.9 Å². The lowest BCUT2D eigenvalue weighted by atomic mass is 9.73. The Morgan fingerprint density at radius 2 is 1.87 bits per heavy atom. The van der Waals surface area contributed by atoms with Crippen molar-refractivity contribution in [1.29, 1.82) is 0 Å². The van der Waals surface area contributed by atoms with Gasteiger partial charge in [0.15, 0.2) is 0 Å². The van der Waals surface area contributed by atoms with Gasteiger partial charge in [-0.3, -0.25) is 4.79 Å². The number of hydrogen-bond donors (Lipinski definition) is 1. The number of carboxylic acids is 1. The van der Waals surface area contributed by atoms with Gasteiger partial charge in [-0.05, 0) is 51.3 Å². The second-order valence-electron chi connectivity index (χ2n) is 6.86. The minimum absolute atomic E-state index is 0.335. The third-order valence-corrected chi connectivity index (χ3v) is 4.29.